The van der Waals surface area contributed by atoms with Crippen molar-refractivity contribution in [2.75, 3.05) is 19.6 Å². The van der Waals surface area contributed by atoms with Gasteiger partial charge in [0.05, 0.1) is 5.01 Å². The first-order valence-corrected chi connectivity index (χ1v) is 6.62. The molecule has 1 heterocycles. The summed E-state index contributed by atoms with van der Waals surface area (Å²) in [5, 5.41) is 1.14. The minimum Gasteiger partial charge on any atom is -0.330 e. The molecular formula is C12H23N3S. The molecule has 0 radical (unpaired) electrons. The molecule has 0 unspecified atom stereocenters. The Morgan fingerprint density at radius 3 is 2.62 bits per heavy atom. The lowest BCUT2D eigenvalue weighted by molar-refractivity contribution is 0.184. The molecule has 1 rings (SSSR count). The van der Waals surface area contributed by atoms with E-state index in [0.29, 0.717) is 0 Å². The quantitative estimate of drug-likeness (QED) is 0.830. The molecule has 3 nitrogen and oxygen atoms in total. The van der Waals surface area contributed by atoms with Gasteiger partial charge in [-0.1, -0.05) is 20.8 Å². The van der Waals surface area contributed by atoms with Crippen LogP contribution in [0.5, 0.6) is 0 Å². The number of aromatic nitrogens is 1. The lowest BCUT2D eigenvalue weighted by Crippen LogP contribution is -2.38. The summed E-state index contributed by atoms with van der Waals surface area (Å²) in [5.74, 6) is 0. The molecule has 0 saturated carbocycles. The van der Waals surface area contributed by atoms with E-state index in [9.17, 15) is 0 Å². The Kier molecular flexibility index (Phi) is 4.89. The highest BCUT2D eigenvalue weighted by molar-refractivity contribution is 7.11. The molecule has 1 aromatic heterocycles. The number of hydrogen-bond acceptors (Lipinski definition) is 4. The minimum absolute atomic E-state index is 0.190. The molecule has 0 aliphatic rings. The Labute approximate surface area is 103 Å². The van der Waals surface area contributed by atoms with Crippen molar-refractivity contribution in [3.8, 4) is 0 Å². The average Bonchev–Trinajstić information content (AvgIpc) is 2.63. The van der Waals surface area contributed by atoms with E-state index < -0.39 is 0 Å². The summed E-state index contributed by atoms with van der Waals surface area (Å²) in [6.45, 7) is 12.5. The zero-order valence-electron chi connectivity index (χ0n) is 10.8. The summed E-state index contributed by atoms with van der Waals surface area (Å²) in [6.07, 6.45) is 1.98. The summed E-state index contributed by atoms with van der Waals surface area (Å²) in [6, 6.07) is 0. The van der Waals surface area contributed by atoms with Gasteiger partial charge < -0.3 is 5.73 Å². The van der Waals surface area contributed by atoms with E-state index >= 15 is 0 Å². The highest BCUT2D eigenvalue weighted by atomic mass is 32.1. The lowest BCUT2D eigenvalue weighted by atomic mass is 9.93. The second-order valence-electron chi connectivity index (χ2n) is 5.02. The van der Waals surface area contributed by atoms with Gasteiger partial charge in [-0.15, -0.1) is 11.3 Å². The van der Waals surface area contributed by atoms with Crippen molar-refractivity contribution in [1.82, 2.24) is 9.88 Å². The largest absolute Gasteiger partial charge is 0.330 e. The fourth-order valence-electron chi connectivity index (χ4n) is 1.65. The molecule has 0 spiro atoms. The van der Waals surface area contributed by atoms with Crippen LogP contribution in [0.4, 0.5) is 0 Å². The third-order valence-electron chi connectivity index (χ3n) is 2.70. The van der Waals surface area contributed by atoms with E-state index in [1.807, 2.05) is 13.1 Å². The molecule has 0 atom stereocenters. The van der Waals surface area contributed by atoms with Crippen LogP contribution in [0.3, 0.4) is 0 Å². The van der Waals surface area contributed by atoms with Crippen molar-refractivity contribution in [2.24, 2.45) is 11.1 Å². The van der Waals surface area contributed by atoms with Crippen LogP contribution in [0.1, 0.15) is 30.7 Å². The van der Waals surface area contributed by atoms with Gasteiger partial charge in [-0.2, -0.15) is 0 Å². The number of thiazole rings is 1. The Balaban J connectivity index is 2.55. The number of hydrogen-bond donors (Lipinski definition) is 1. The maximum absolute atomic E-state index is 5.77. The summed E-state index contributed by atoms with van der Waals surface area (Å²) in [5.41, 5.74) is 5.96. The topological polar surface area (TPSA) is 42.2 Å². The van der Waals surface area contributed by atoms with Crippen LogP contribution in [-0.4, -0.2) is 29.5 Å². The fourth-order valence-corrected chi connectivity index (χ4v) is 2.49. The predicted molar refractivity (Wildman–Crippen MR) is 70.6 cm³/mol. The molecule has 0 saturated heterocycles. The molecular weight excluding hydrogens is 218 g/mol. The van der Waals surface area contributed by atoms with Crippen LogP contribution in [0.25, 0.3) is 0 Å². The Morgan fingerprint density at radius 2 is 2.19 bits per heavy atom. The van der Waals surface area contributed by atoms with Gasteiger partial charge >= 0.3 is 0 Å². The average molecular weight is 241 g/mol. The summed E-state index contributed by atoms with van der Waals surface area (Å²) >= 11 is 1.78. The van der Waals surface area contributed by atoms with E-state index in [4.69, 9.17) is 5.73 Å². The molecule has 0 aliphatic heterocycles. The van der Waals surface area contributed by atoms with Crippen molar-refractivity contribution < 1.29 is 0 Å². The van der Waals surface area contributed by atoms with Gasteiger partial charge in [-0.3, -0.25) is 4.90 Å². The third kappa shape index (κ3) is 4.20. The van der Waals surface area contributed by atoms with E-state index in [0.717, 1.165) is 31.2 Å². The molecule has 92 valence electrons. The Hall–Kier alpha value is -0.450. The minimum atomic E-state index is 0.190. The van der Waals surface area contributed by atoms with E-state index in [2.05, 4.69) is 30.7 Å². The molecule has 4 heteroatoms. The molecule has 1 aromatic rings. The van der Waals surface area contributed by atoms with Crippen LogP contribution in [0, 0.1) is 12.3 Å². The molecule has 0 aliphatic carbocycles. The zero-order chi connectivity index (χ0) is 12.2. The van der Waals surface area contributed by atoms with Gasteiger partial charge in [-0.05, 0) is 25.4 Å². The lowest BCUT2D eigenvalue weighted by Gasteiger charge is -2.30. The standard InChI is InChI=1S/C12H23N3S/c1-5-15(9-12(3,4)8-13)7-11-6-14-10(2)16-11/h6H,5,7-9,13H2,1-4H3. The number of nitrogens with zero attached hydrogens (tertiary/aromatic N) is 2. The van der Waals surface area contributed by atoms with Crippen molar-refractivity contribution in [3.63, 3.8) is 0 Å². The molecule has 0 fully saturated rings. The first kappa shape index (κ1) is 13.6. The van der Waals surface area contributed by atoms with Crippen molar-refractivity contribution >= 4 is 11.3 Å². The first-order chi connectivity index (χ1) is 7.46. The smallest absolute Gasteiger partial charge is 0.0897 e. The van der Waals surface area contributed by atoms with Crippen molar-refractivity contribution in [2.45, 2.75) is 34.2 Å². The monoisotopic (exact) mass is 241 g/mol. The van der Waals surface area contributed by atoms with Gasteiger partial charge in [0, 0.05) is 24.2 Å². The van der Waals surface area contributed by atoms with Crippen LogP contribution < -0.4 is 5.73 Å². The van der Waals surface area contributed by atoms with E-state index in [1.54, 1.807) is 11.3 Å². The van der Waals surface area contributed by atoms with Crippen molar-refractivity contribution in [1.29, 1.82) is 0 Å². The zero-order valence-corrected chi connectivity index (χ0v) is 11.6. The summed E-state index contributed by atoms with van der Waals surface area (Å²) in [7, 11) is 0. The number of rotatable bonds is 6. The maximum Gasteiger partial charge on any atom is 0.0897 e. The predicted octanol–water partition coefficient (Wildman–Crippen LogP) is 2.26. The van der Waals surface area contributed by atoms with Gasteiger partial charge in [-0.25, -0.2) is 4.98 Å². The van der Waals surface area contributed by atoms with E-state index in [-0.39, 0.29) is 5.41 Å². The van der Waals surface area contributed by atoms with E-state index in [1.165, 1.54) is 4.88 Å². The Morgan fingerprint density at radius 1 is 1.50 bits per heavy atom. The number of nitrogens with two attached hydrogens (primary N) is 1. The SMILES string of the molecule is CCN(Cc1cnc(C)s1)CC(C)(C)CN. The van der Waals surface area contributed by atoms with Gasteiger partial charge in [0.1, 0.15) is 0 Å². The third-order valence-corrected chi connectivity index (χ3v) is 3.60. The van der Waals surface area contributed by atoms with Crippen LogP contribution >= 0.6 is 11.3 Å². The van der Waals surface area contributed by atoms with Gasteiger partial charge in [0.2, 0.25) is 0 Å². The highest BCUT2D eigenvalue weighted by Gasteiger charge is 2.19. The fraction of sp³-hybridized carbons (Fsp3) is 0.750. The molecule has 0 amide bonds. The van der Waals surface area contributed by atoms with Gasteiger partial charge in [0.25, 0.3) is 0 Å². The normalized spacial score (nSPS) is 12.4. The second kappa shape index (κ2) is 5.75. The van der Waals surface area contributed by atoms with Crippen molar-refractivity contribution in [3.05, 3.63) is 16.1 Å². The molecule has 0 aromatic carbocycles. The first-order valence-electron chi connectivity index (χ1n) is 5.80. The number of aryl methyl sites for hydroxylation is 1. The van der Waals surface area contributed by atoms with Crippen LogP contribution in [0.15, 0.2) is 6.20 Å². The van der Waals surface area contributed by atoms with Crippen LogP contribution in [-0.2, 0) is 6.54 Å². The molecule has 0 bridgehead atoms. The highest BCUT2D eigenvalue weighted by Crippen LogP contribution is 2.19. The second-order valence-corrected chi connectivity index (χ2v) is 6.34. The Bertz CT molecular complexity index is 320. The molecule has 16 heavy (non-hydrogen) atoms. The summed E-state index contributed by atoms with van der Waals surface area (Å²) < 4.78 is 0. The molecule has 2 N–H and O–H groups in total. The maximum atomic E-state index is 5.77. The van der Waals surface area contributed by atoms with Crippen LogP contribution in [0.2, 0.25) is 0 Å². The summed E-state index contributed by atoms with van der Waals surface area (Å²) in [4.78, 5) is 8.06. The van der Waals surface area contributed by atoms with Gasteiger partial charge in [0.15, 0.2) is 0 Å².